The third-order valence-electron chi connectivity index (χ3n) is 7.92. The van der Waals surface area contributed by atoms with Crippen LogP contribution in [0.2, 0.25) is 0 Å². The number of allylic oxidation sites excluding steroid dienone is 2. The predicted octanol–water partition coefficient (Wildman–Crippen LogP) is 10.8. The van der Waals surface area contributed by atoms with E-state index in [0.717, 1.165) is 68.1 Å². The third kappa shape index (κ3) is 6.74. The van der Waals surface area contributed by atoms with E-state index in [4.69, 9.17) is 0 Å². The highest BCUT2D eigenvalue weighted by Crippen LogP contribution is 2.38. The Bertz CT molecular complexity index is 1180. The van der Waals surface area contributed by atoms with Crippen molar-refractivity contribution in [2.45, 2.75) is 84.0 Å². The van der Waals surface area contributed by atoms with Crippen molar-refractivity contribution in [3.05, 3.63) is 95.3 Å². The van der Waals surface area contributed by atoms with E-state index in [1.165, 1.54) is 6.42 Å². The molecular weight excluding hydrogens is 465 g/mol. The topological polar surface area (TPSA) is 0 Å². The molecule has 0 aromatic heterocycles. The SMILES string of the molecule is C/C=C/C1CCC(c2ccc(-c3ccc(-c4ccc(CCCCCCC)c(F)c4F)cc3)cc2F)CC1. The van der Waals surface area contributed by atoms with Gasteiger partial charge in [0.1, 0.15) is 5.82 Å². The molecule has 0 nitrogen and oxygen atoms in total. The highest BCUT2D eigenvalue weighted by molar-refractivity contribution is 5.71. The van der Waals surface area contributed by atoms with E-state index in [1.54, 1.807) is 30.3 Å². The second-order valence-electron chi connectivity index (χ2n) is 10.5. The molecule has 0 spiro atoms. The first-order valence-corrected chi connectivity index (χ1v) is 14.0. The van der Waals surface area contributed by atoms with Crippen LogP contribution in [-0.2, 0) is 6.42 Å². The fourth-order valence-corrected chi connectivity index (χ4v) is 5.70. The van der Waals surface area contributed by atoms with Crippen LogP contribution in [0.5, 0.6) is 0 Å². The summed E-state index contributed by atoms with van der Waals surface area (Å²) in [6.45, 7) is 4.21. The molecule has 0 heterocycles. The molecular formula is C34H39F3. The lowest BCUT2D eigenvalue weighted by atomic mass is 9.78. The third-order valence-corrected chi connectivity index (χ3v) is 7.92. The Morgan fingerprint density at radius 1 is 0.730 bits per heavy atom. The fraction of sp³-hybridized carbons (Fsp3) is 0.412. The maximum Gasteiger partial charge on any atom is 0.166 e. The highest BCUT2D eigenvalue weighted by atomic mass is 19.2. The molecule has 37 heavy (non-hydrogen) atoms. The van der Waals surface area contributed by atoms with Crippen LogP contribution in [-0.4, -0.2) is 0 Å². The Kier molecular flexibility index (Phi) is 9.66. The zero-order valence-electron chi connectivity index (χ0n) is 22.2. The maximum absolute atomic E-state index is 15.1. The van der Waals surface area contributed by atoms with Gasteiger partial charge in [-0.25, -0.2) is 13.2 Å². The molecule has 0 bridgehead atoms. The Hall–Kier alpha value is -2.81. The van der Waals surface area contributed by atoms with E-state index in [0.29, 0.717) is 23.5 Å². The normalized spacial score (nSPS) is 18.0. The number of benzene rings is 3. The summed E-state index contributed by atoms with van der Waals surface area (Å²) in [4.78, 5) is 0. The van der Waals surface area contributed by atoms with Crippen LogP contribution < -0.4 is 0 Å². The van der Waals surface area contributed by atoms with Gasteiger partial charge in [0.15, 0.2) is 11.6 Å². The lowest BCUT2D eigenvalue weighted by Gasteiger charge is -2.27. The summed E-state index contributed by atoms with van der Waals surface area (Å²) in [5.41, 5.74) is 3.78. The van der Waals surface area contributed by atoms with Crippen LogP contribution in [0.1, 0.15) is 88.7 Å². The number of hydrogen-bond acceptors (Lipinski definition) is 0. The molecule has 0 radical (unpaired) electrons. The van der Waals surface area contributed by atoms with Gasteiger partial charge in [0, 0.05) is 5.56 Å². The van der Waals surface area contributed by atoms with E-state index in [1.807, 2.05) is 24.3 Å². The van der Waals surface area contributed by atoms with Gasteiger partial charge in [0.25, 0.3) is 0 Å². The molecule has 0 aliphatic heterocycles. The average molecular weight is 505 g/mol. The van der Waals surface area contributed by atoms with Gasteiger partial charge in [-0.05, 0) is 91.2 Å². The molecule has 4 rings (SSSR count). The van der Waals surface area contributed by atoms with E-state index in [-0.39, 0.29) is 17.3 Å². The smallest absolute Gasteiger partial charge is 0.166 e. The minimum absolute atomic E-state index is 0.158. The van der Waals surface area contributed by atoms with Crippen LogP contribution >= 0.6 is 0 Å². The van der Waals surface area contributed by atoms with Gasteiger partial charge in [-0.3, -0.25) is 0 Å². The molecule has 1 fully saturated rings. The number of hydrogen-bond donors (Lipinski definition) is 0. The molecule has 3 aromatic rings. The van der Waals surface area contributed by atoms with E-state index in [2.05, 4.69) is 26.0 Å². The number of rotatable bonds is 10. The van der Waals surface area contributed by atoms with Gasteiger partial charge in [0.05, 0.1) is 0 Å². The minimum atomic E-state index is -0.793. The summed E-state index contributed by atoms with van der Waals surface area (Å²) in [6.07, 6.45) is 14.6. The number of unbranched alkanes of at least 4 members (excludes halogenated alkanes) is 4. The van der Waals surface area contributed by atoms with E-state index >= 15 is 4.39 Å². The van der Waals surface area contributed by atoms with Crippen molar-refractivity contribution in [3.63, 3.8) is 0 Å². The zero-order valence-corrected chi connectivity index (χ0v) is 22.2. The first-order valence-electron chi connectivity index (χ1n) is 14.0. The molecule has 3 heteroatoms. The molecule has 1 aliphatic rings. The van der Waals surface area contributed by atoms with Crippen LogP contribution in [0.25, 0.3) is 22.3 Å². The van der Waals surface area contributed by atoms with Crippen LogP contribution in [0.4, 0.5) is 13.2 Å². The van der Waals surface area contributed by atoms with Gasteiger partial charge in [-0.15, -0.1) is 0 Å². The first kappa shape index (κ1) is 27.2. The Morgan fingerprint density at radius 2 is 1.41 bits per heavy atom. The van der Waals surface area contributed by atoms with Crippen LogP contribution in [0.15, 0.2) is 66.7 Å². The molecule has 0 unspecified atom stereocenters. The lowest BCUT2D eigenvalue weighted by Crippen LogP contribution is -2.12. The number of halogens is 3. The molecule has 0 amide bonds. The van der Waals surface area contributed by atoms with Crippen molar-refractivity contribution >= 4 is 0 Å². The Balaban J connectivity index is 1.44. The summed E-state index contributed by atoms with van der Waals surface area (Å²) in [7, 11) is 0. The average Bonchev–Trinajstić information content (AvgIpc) is 2.92. The van der Waals surface area contributed by atoms with E-state index < -0.39 is 11.6 Å². The summed E-state index contributed by atoms with van der Waals surface area (Å²) >= 11 is 0. The molecule has 0 saturated heterocycles. The molecule has 0 N–H and O–H groups in total. The fourth-order valence-electron chi connectivity index (χ4n) is 5.70. The number of aryl methyl sites for hydroxylation is 1. The quantitative estimate of drug-likeness (QED) is 0.190. The van der Waals surface area contributed by atoms with Gasteiger partial charge >= 0.3 is 0 Å². The van der Waals surface area contributed by atoms with Crippen LogP contribution in [0.3, 0.4) is 0 Å². The van der Waals surface area contributed by atoms with Gasteiger partial charge in [0.2, 0.25) is 0 Å². The van der Waals surface area contributed by atoms with Crippen molar-refractivity contribution in [1.29, 1.82) is 0 Å². The molecule has 3 aromatic carbocycles. The standard InChI is InChI=1S/C34H39F3/c1-3-5-6-7-8-10-28-19-22-31(34(37)33(28)36)27-17-15-25(16-18-27)29-20-21-30(32(35)23-29)26-13-11-24(9-4-2)12-14-26/h4,9,15-24,26H,3,5-8,10-14H2,1-2H3/b9-4+. The second-order valence-corrected chi connectivity index (χ2v) is 10.5. The van der Waals surface area contributed by atoms with Crippen molar-refractivity contribution in [2.75, 3.05) is 0 Å². The monoisotopic (exact) mass is 504 g/mol. The second kappa shape index (κ2) is 13.1. The Morgan fingerprint density at radius 3 is 2.08 bits per heavy atom. The van der Waals surface area contributed by atoms with Crippen molar-refractivity contribution < 1.29 is 13.2 Å². The van der Waals surface area contributed by atoms with Gasteiger partial charge in [-0.1, -0.05) is 93.3 Å². The largest absolute Gasteiger partial charge is 0.207 e. The predicted molar refractivity (Wildman–Crippen MR) is 149 cm³/mol. The maximum atomic E-state index is 15.1. The molecule has 196 valence electrons. The minimum Gasteiger partial charge on any atom is -0.207 e. The molecule has 1 saturated carbocycles. The lowest BCUT2D eigenvalue weighted by molar-refractivity contribution is 0.368. The zero-order chi connectivity index (χ0) is 26.2. The molecule has 0 atom stereocenters. The van der Waals surface area contributed by atoms with Gasteiger partial charge < -0.3 is 0 Å². The van der Waals surface area contributed by atoms with Crippen molar-refractivity contribution in [1.82, 2.24) is 0 Å². The van der Waals surface area contributed by atoms with Crippen molar-refractivity contribution in [3.8, 4) is 22.3 Å². The Labute approximate surface area is 220 Å². The van der Waals surface area contributed by atoms with Crippen molar-refractivity contribution in [2.24, 2.45) is 5.92 Å². The first-order chi connectivity index (χ1) is 18.0. The summed E-state index contributed by atoms with van der Waals surface area (Å²) < 4.78 is 44.7. The highest BCUT2D eigenvalue weighted by Gasteiger charge is 2.23. The summed E-state index contributed by atoms with van der Waals surface area (Å²) in [5.74, 6) is -0.801. The van der Waals surface area contributed by atoms with Gasteiger partial charge in [-0.2, -0.15) is 0 Å². The van der Waals surface area contributed by atoms with Crippen LogP contribution in [0, 0.1) is 23.4 Å². The summed E-state index contributed by atoms with van der Waals surface area (Å²) in [6, 6.07) is 16.2. The van der Waals surface area contributed by atoms with E-state index in [9.17, 15) is 8.78 Å². The molecule has 1 aliphatic carbocycles. The summed E-state index contributed by atoms with van der Waals surface area (Å²) in [5, 5.41) is 0.